The van der Waals surface area contributed by atoms with E-state index in [-0.39, 0.29) is 6.29 Å². The largest absolute Gasteiger partial charge is 0.353 e. The summed E-state index contributed by atoms with van der Waals surface area (Å²) in [5.41, 5.74) is 0. The first-order valence-electron chi connectivity index (χ1n) is 7.14. The fourth-order valence-corrected chi connectivity index (χ4v) is 1.55. The van der Waals surface area contributed by atoms with Crippen molar-refractivity contribution in [3.05, 3.63) is 18.7 Å². The molecular formula is C14H28N2O2. The highest BCUT2D eigenvalue weighted by Gasteiger charge is 2.13. The summed E-state index contributed by atoms with van der Waals surface area (Å²) in [5.74, 6) is 0. The van der Waals surface area contributed by atoms with Crippen LogP contribution in [-0.2, 0) is 16.0 Å². The Morgan fingerprint density at radius 3 is 2.61 bits per heavy atom. The van der Waals surface area contributed by atoms with Gasteiger partial charge in [-0.1, -0.05) is 27.7 Å². The number of nitrogens with zero attached hydrogens (tertiary/aromatic N) is 2. The minimum atomic E-state index is 0.0206. The topological polar surface area (TPSA) is 36.3 Å². The van der Waals surface area contributed by atoms with E-state index in [0.29, 0.717) is 6.61 Å². The molecule has 2 rings (SSSR count). The van der Waals surface area contributed by atoms with Crippen LogP contribution in [0.3, 0.4) is 0 Å². The van der Waals surface area contributed by atoms with Crippen molar-refractivity contribution in [2.75, 3.05) is 13.2 Å². The van der Waals surface area contributed by atoms with Crippen LogP contribution in [0.5, 0.6) is 0 Å². The van der Waals surface area contributed by atoms with E-state index in [1.807, 2.05) is 38.5 Å². The van der Waals surface area contributed by atoms with Gasteiger partial charge in [-0.25, -0.2) is 4.98 Å². The lowest BCUT2D eigenvalue weighted by Gasteiger charge is -2.22. The minimum absolute atomic E-state index is 0.0206. The van der Waals surface area contributed by atoms with Crippen LogP contribution in [0.1, 0.15) is 47.0 Å². The van der Waals surface area contributed by atoms with Crippen molar-refractivity contribution in [2.24, 2.45) is 0 Å². The molecule has 0 bridgehead atoms. The van der Waals surface area contributed by atoms with Gasteiger partial charge in [-0.3, -0.25) is 0 Å². The maximum absolute atomic E-state index is 5.59. The first-order valence-corrected chi connectivity index (χ1v) is 7.14. The molecule has 0 amide bonds. The smallest absolute Gasteiger partial charge is 0.157 e. The lowest BCUT2D eigenvalue weighted by atomic mass is 10.2. The maximum Gasteiger partial charge on any atom is 0.157 e. The highest BCUT2D eigenvalue weighted by molar-refractivity contribution is 4.73. The van der Waals surface area contributed by atoms with Crippen molar-refractivity contribution in [3.63, 3.8) is 0 Å². The molecule has 2 heterocycles. The second-order valence-electron chi connectivity index (χ2n) is 3.47. The lowest BCUT2D eigenvalue weighted by molar-refractivity contribution is -0.163. The molecular weight excluding hydrogens is 228 g/mol. The van der Waals surface area contributed by atoms with E-state index >= 15 is 0 Å². The minimum Gasteiger partial charge on any atom is -0.353 e. The van der Waals surface area contributed by atoms with E-state index in [4.69, 9.17) is 9.47 Å². The van der Waals surface area contributed by atoms with E-state index in [1.54, 1.807) is 12.5 Å². The average molecular weight is 256 g/mol. The number of hydrogen-bond donors (Lipinski definition) is 0. The monoisotopic (exact) mass is 256 g/mol. The Kier molecular flexibility index (Phi) is 12.0. The molecule has 0 N–H and O–H groups in total. The summed E-state index contributed by atoms with van der Waals surface area (Å²) in [4.78, 5) is 3.96. The van der Waals surface area contributed by atoms with Gasteiger partial charge in [0.2, 0.25) is 0 Å². The van der Waals surface area contributed by atoms with Gasteiger partial charge in [0.05, 0.1) is 12.9 Å². The molecule has 4 heteroatoms. The van der Waals surface area contributed by atoms with Crippen LogP contribution in [0.2, 0.25) is 0 Å². The van der Waals surface area contributed by atoms with Crippen molar-refractivity contribution < 1.29 is 9.47 Å². The fourth-order valence-electron chi connectivity index (χ4n) is 1.55. The molecule has 1 aromatic heterocycles. The average Bonchev–Trinajstić information content (AvgIpc) is 2.98. The number of rotatable bonds is 4. The molecule has 0 saturated carbocycles. The summed E-state index contributed by atoms with van der Waals surface area (Å²) in [6.45, 7) is 10.4. The second-order valence-corrected chi connectivity index (χ2v) is 3.47. The quantitative estimate of drug-likeness (QED) is 0.827. The number of ether oxygens (including phenoxy) is 2. The third-order valence-electron chi connectivity index (χ3n) is 2.35. The van der Waals surface area contributed by atoms with Crippen molar-refractivity contribution in [1.82, 2.24) is 9.55 Å². The SMILES string of the molecule is CC.CC.c1cn(CCOC2CCCCO2)cn1. The summed E-state index contributed by atoms with van der Waals surface area (Å²) >= 11 is 0. The number of imidazole rings is 1. The molecule has 18 heavy (non-hydrogen) atoms. The van der Waals surface area contributed by atoms with E-state index in [2.05, 4.69) is 4.98 Å². The van der Waals surface area contributed by atoms with E-state index in [1.165, 1.54) is 12.8 Å². The molecule has 1 aliphatic rings. The van der Waals surface area contributed by atoms with E-state index in [0.717, 1.165) is 19.6 Å². The van der Waals surface area contributed by atoms with Gasteiger partial charge in [-0.05, 0) is 19.3 Å². The van der Waals surface area contributed by atoms with Gasteiger partial charge in [0, 0.05) is 25.5 Å². The zero-order chi connectivity index (χ0) is 13.6. The second kappa shape index (κ2) is 12.6. The Bertz CT molecular complexity index is 244. The summed E-state index contributed by atoms with van der Waals surface area (Å²) < 4.78 is 13.0. The van der Waals surface area contributed by atoms with Crippen LogP contribution in [0.25, 0.3) is 0 Å². The summed E-state index contributed by atoms with van der Waals surface area (Å²) in [7, 11) is 0. The molecule has 106 valence electrons. The van der Waals surface area contributed by atoms with Crippen LogP contribution < -0.4 is 0 Å². The molecule has 1 aromatic rings. The van der Waals surface area contributed by atoms with Gasteiger partial charge in [0.1, 0.15) is 0 Å². The maximum atomic E-state index is 5.59. The van der Waals surface area contributed by atoms with Crippen LogP contribution in [-0.4, -0.2) is 29.1 Å². The van der Waals surface area contributed by atoms with Crippen LogP contribution in [0.4, 0.5) is 0 Å². The van der Waals surface area contributed by atoms with E-state index in [9.17, 15) is 0 Å². The highest BCUT2D eigenvalue weighted by atomic mass is 16.7. The van der Waals surface area contributed by atoms with Gasteiger partial charge in [-0.15, -0.1) is 0 Å². The third-order valence-corrected chi connectivity index (χ3v) is 2.35. The first kappa shape index (κ1) is 17.1. The Morgan fingerprint density at radius 1 is 1.28 bits per heavy atom. The molecule has 1 atom stereocenters. The van der Waals surface area contributed by atoms with Crippen LogP contribution in [0.15, 0.2) is 18.7 Å². The Labute approximate surface area is 111 Å². The van der Waals surface area contributed by atoms with E-state index < -0.39 is 0 Å². The van der Waals surface area contributed by atoms with Crippen molar-refractivity contribution in [2.45, 2.75) is 59.8 Å². The number of hydrogen-bond acceptors (Lipinski definition) is 3. The molecule has 1 aliphatic heterocycles. The van der Waals surface area contributed by atoms with Gasteiger partial charge in [0.25, 0.3) is 0 Å². The molecule has 0 aromatic carbocycles. The van der Waals surface area contributed by atoms with Crippen LogP contribution >= 0.6 is 0 Å². The molecule has 1 fully saturated rings. The zero-order valence-corrected chi connectivity index (χ0v) is 12.3. The fraction of sp³-hybridized carbons (Fsp3) is 0.786. The standard InChI is InChI=1S/C10H16N2O2.2C2H6/c1-2-7-13-10(3-1)14-8-6-12-5-4-11-9-12;2*1-2/h4-5,9-10H,1-3,6-8H2;2*1-2H3. The first-order chi connectivity index (χ1) is 8.95. The Morgan fingerprint density at radius 2 is 2.06 bits per heavy atom. The molecule has 4 nitrogen and oxygen atoms in total. The molecule has 0 aliphatic carbocycles. The molecule has 1 saturated heterocycles. The highest BCUT2D eigenvalue weighted by Crippen LogP contribution is 2.13. The van der Waals surface area contributed by atoms with Crippen molar-refractivity contribution in [1.29, 1.82) is 0 Å². The predicted octanol–water partition coefficient (Wildman–Crippen LogP) is 3.48. The van der Waals surface area contributed by atoms with Gasteiger partial charge >= 0.3 is 0 Å². The van der Waals surface area contributed by atoms with Crippen LogP contribution in [0, 0.1) is 0 Å². The zero-order valence-electron chi connectivity index (χ0n) is 12.3. The van der Waals surface area contributed by atoms with Crippen molar-refractivity contribution in [3.8, 4) is 0 Å². The van der Waals surface area contributed by atoms with Crippen molar-refractivity contribution >= 4 is 0 Å². The molecule has 1 unspecified atom stereocenters. The number of aromatic nitrogens is 2. The summed E-state index contributed by atoms with van der Waals surface area (Å²) in [5, 5.41) is 0. The summed E-state index contributed by atoms with van der Waals surface area (Å²) in [6.07, 6.45) is 8.95. The predicted molar refractivity (Wildman–Crippen MR) is 74.5 cm³/mol. The van der Waals surface area contributed by atoms with Gasteiger partial charge in [-0.2, -0.15) is 0 Å². The Balaban J connectivity index is 0.000000659. The molecule has 0 radical (unpaired) electrons. The third kappa shape index (κ3) is 7.45. The normalized spacial score (nSPS) is 18.1. The molecule has 0 spiro atoms. The van der Waals surface area contributed by atoms with Gasteiger partial charge < -0.3 is 14.0 Å². The summed E-state index contributed by atoms with van der Waals surface area (Å²) in [6, 6.07) is 0. The lowest BCUT2D eigenvalue weighted by Crippen LogP contribution is -2.23. The Hall–Kier alpha value is -0.870. The van der Waals surface area contributed by atoms with Gasteiger partial charge in [0.15, 0.2) is 6.29 Å².